The van der Waals surface area contributed by atoms with Crippen LogP contribution in [-0.2, 0) is 16.6 Å². The molecule has 1 saturated heterocycles. The molecule has 202 valence electrons. The van der Waals surface area contributed by atoms with Crippen LogP contribution < -0.4 is 20.3 Å². The molecule has 3 aromatic rings. The third kappa shape index (κ3) is 6.37. The second kappa shape index (κ2) is 11.1. The number of benzene rings is 2. The highest BCUT2D eigenvalue weighted by atomic mass is 35.5. The van der Waals surface area contributed by atoms with Crippen molar-refractivity contribution in [1.82, 2.24) is 19.6 Å². The van der Waals surface area contributed by atoms with Gasteiger partial charge in [-0.3, -0.25) is 0 Å². The number of anilines is 5. The lowest BCUT2D eigenvalue weighted by atomic mass is 10.1. The summed E-state index contributed by atoms with van der Waals surface area (Å²) in [6, 6.07) is 12.1. The normalized spacial score (nSPS) is 16.5. The number of hydrogen-bond donors (Lipinski definition) is 3. The van der Waals surface area contributed by atoms with Crippen LogP contribution >= 0.6 is 11.6 Å². The van der Waals surface area contributed by atoms with Gasteiger partial charge in [0.25, 0.3) is 0 Å². The Morgan fingerprint density at radius 3 is 2.45 bits per heavy atom. The van der Waals surface area contributed by atoms with Crippen molar-refractivity contribution in [3.8, 4) is 0 Å². The molecule has 0 spiro atoms. The van der Waals surface area contributed by atoms with Crippen molar-refractivity contribution in [3.63, 3.8) is 0 Å². The van der Waals surface area contributed by atoms with Gasteiger partial charge in [0.05, 0.1) is 11.4 Å². The van der Waals surface area contributed by atoms with E-state index in [1.807, 2.05) is 31.2 Å². The monoisotopic (exact) mass is 555 g/mol. The number of nitrogens with zero attached hydrogens (tertiary/aromatic N) is 4. The largest absolute Gasteiger partial charge is 0.369 e. The van der Waals surface area contributed by atoms with Gasteiger partial charge in [-0.15, -0.1) is 0 Å². The molecule has 0 amide bonds. The van der Waals surface area contributed by atoms with Crippen LogP contribution in [-0.4, -0.2) is 61.8 Å². The molecule has 1 aromatic heterocycles. The molecule has 2 aromatic carbocycles. The zero-order valence-electron chi connectivity index (χ0n) is 22.0. The van der Waals surface area contributed by atoms with Crippen LogP contribution in [0.4, 0.5) is 28.8 Å². The second-order valence-electron chi connectivity index (χ2n) is 10.1. The van der Waals surface area contributed by atoms with Crippen molar-refractivity contribution < 1.29 is 8.42 Å². The van der Waals surface area contributed by atoms with Crippen LogP contribution in [0.15, 0.2) is 42.6 Å². The Bertz CT molecular complexity index is 1420. The van der Waals surface area contributed by atoms with Gasteiger partial charge in [-0.05, 0) is 74.7 Å². The smallest absolute Gasteiger partial charge is 0.229 e. The van der Waals surface area contributed by atoms with E-state index < -0.39 is 10.0 Å². The fraction of sp³-hybridized carbons (Fsp3) is 0.407. The highest BCUT2D eigenvalue weighted by molar-refractivity contribution is 7.90. The lowest BCUT2D eigenvalue weighted by molar-refractivity contribution is 0.312. The van der Waals surface area contributed by atoms with Crippen LogP contribution in [0.1, 0.15) is 29.5 Å². The zero-order chi connectivity index (χ0) is 26.9. The quantitative estimate of drug-likeness (QED) is 0.353. The average molecular weight is 556 g/mol. The van der Waals surface area contributed by atoms with Gasteiger partial charge in [0.15, 0.2) is 5.82 Å². The first-order chi connectivity index (χ1) is 18.2. The molecule has 0 radical (unpaired) electrons. The summed E-state index contributed by atoms with van der Waals surface area (Å²) in [5.74, 6) is 0.924. The Morgan fingerprint density at radius 1 is 1.00 bits per heavy atom. The number of piperazine rings is 1. The van der Waals surface area contributed by atoms with Crippen molar-refractivity contribution >= 4 is 50.5 Å². The number of likely N-dealkylation sites (N-methyl/N-ethyl adjacent to an activating group) is 1. The number of aromatic nitrogens is 2. The number of halogens is 1. The molecular formula is C27H34ClN7O2S. The van der Waals surface area contributed by atoms with Gasteiger partial charge in [-0.1, -0.05) is 23.7 Å². The maximum absolute atomic E-state index is 12.1. The van der Waals surface area contributed by atoms with Crippen LogP contribution in [0, 0.1) is 13.8 Å². The maximum atomic E-state index is 12.1. The lowest BCUT2D eigenvalue weighted by Crippen LogP contribution is -2.44. The van der Waals surface area contributed by atoms with E-state index in [4.69, 9.17) is 11.6 Å². The van der Waals surface area contributed by atoms with Crippen molar-refractivity contribution in [1.29, 1.82) is 0 Å². The molecule has 2 fully saturated rings. The second-order valence-corrected chi connectivity index (χ2v) is 12.6. The summed E-state index contributed by atoms with van der Waals surface area (Å²) in [6.45, 7) is 8.53. The first-order valence-corrected chi connectivity index (χ1v) is 14.8. The Kier molecular flexibility index (Phi) is 7.76. The molecule has 1 aliphatic carbocycles. The van der Waals surface area contributed by atoms with Gasteiger partial charge in [-0.2, -0.15) is 4.98 Å². The van der Waals surface area contributed by atoms with E-state index >= 15 is 0 Å². The molecule has 5 rings (SSSR count). The topological polar surface area (TPSA) is 102 Å². The summed E-state index contributed by atoms with van der Waals surface area (Å²) in [5, 5.41) is 6.75. The fourth-order valence-corrected chi connectivity index (χ4v) is 6.06. The predicted octanol–water partition coefficient (Wildman–Crippen LogP) is 4.57. The summed E-state index contributed by atoms with van der Waals surface area (Å²) in [5.41, 5.74) is 6.03. The van der Waals surface area contributed by atoms with Gasteiger partial charge in [0, 0.05) is 49.8 Å². The number of hydrogen-bond acceptors (Lipinski definition) is 8. The SMILES string of the molecule is Cc1cc(CNS(=O)(=O)C2CC2)ccc1Nc1nc(Nc2ccc(N3CCN(C)CC3)c(C)c2)ncc1Cl. The Balaban J connectivity index is 1.25. The minimum atomic E-state index is -3.22. The van der Waals surface area contributed by atoms with E-state index in [0.717, 1.165) is 61.5 Å². The van der Waals surface area contributed by atoms with Crippen LogP contribution in [0.3, 0.4) is 0 Å². The van der Waals surface area contributed by atoms with Crippen molar-refractivity contribution in [2.75, 3.05) is 48.8 Å². The summed E-state index contributed by atoms with van der Waals surface area (Å²) >= 11 is 6.41. The maximum Gasteiger partial charge on any atom is 0.229 e. The van der Waals surface area contributed by atoms with Gasteiger partial charge >= 0.3 is 0 Å². The highest BCUT2D eigenvalue weighted by Gasteiger charge is 2.35. The molecule has 11 heteroatoms. The third-order valence-electron chi connectivity index (χ3n) is 7.03. The van der Waals surface area contributed by atoms with E-state index in [2.05, 4.69) is 61.2 Å². The van der Waals surface area contributed by atoms with Gasteiger partial charge < -0.3 is 20.4 Å². The van der Waals surface area contributed by atoms with E-state index in [0.29, 0.717) is 16.8 Å². The van der Waals surface area contributed by atoms with E-state index in [1.54, 1.807) is 6.20 Å². The van der Waals surface area contributed by atoms with E-state index in [1.165, 1.54) is 11.3 Å². The predicted molar refractivity (Wildman–Crippen MR) is 154 cm³/mol. The number of aryl methyl sites for hydroxylation is 2. The minimum absolute atomic E-state index is 0.231. The molecule has 9 nitrogen and oxygen atoms in total. The molecule has 2 aliphatic rings. The Morgan fingerprint density at radius 2 is 1.76 bits per heavy atom. The standard InChI is InChI=1S/C27H34ClN7O2S/c1-18-14-20(16-30-38(36,37)22-6-7-22)4-8-24(18)32-26-23(28)17-29-27(33-26)31-21-5-9-25(19(2)15-21)35-12-10-34(3)11-13-35/h4-5,8-9,14-15,17,22,30H,6-7,10-13,16H2,1-3H3,(H2,29,31,32,33). The van der Waals surface area contributed by atoms with Gasteiger partial charge in [-0.25, -0.2) is 18.1 Å². The summed E-state index contributed by atoms with van der Waals surface area (Å²) in [4.78, 5) is 13.7. The number of nitrogens with one attached hydrogen (secondary N) is 3. The Hall–Kier alpha value is -2.92. The van der Waals surface area contributed by atoms with Crippen LogP contribution in [0.25, 0.3) is 0 Å². The fourth-order valence-electron chi connectivity index (χ4n) is 4.56. The summed E-state index contributed by atoms with van der Waals surface area (Å²) in [7, 11) is -1.06. The molecule has 38 heavy (non-hydrogen) atoms. The highest BCUT2D eigenvalue weighted by Crippen LogP contribution is 2.30. The van der Waals surface area contributed by atoms with Crippen LogP contribution in [0.2, 0.25) is 5.02 Å². The lowest BCUT2D eigenvalue weighted by Gasteiger charge is -2.35. The molecule has 0 bridgehead atoms. The average Bonchev–Trinajstić information content (AvgIpc) is 3.74. The molecule has 0 atom stereocenters. The van der Waals surface area contributed by atoms with E-state index in [-0.39, 0.29) is 11.8 Å². The first-order valence-electron chi connectivity index (χ1n) is 12.9. The number of sulfonamides is 1. The molecular weight excluding hydrogens is 522 g/mol. The summed E-state index contributed by atoms with van der Waals surface area (Å²) < 4.78 is 26.9. The van der Waals surface area contributed by atoms with Gasteiger partial charge in [0.1, 0.15) is 5.02 Å². The molecule has 3 N–H and O–H groups in total. The van der Waals surface area contributed by atoms with Crippen molar-refractivity contribution in [3.05, 3.63) is 64.3 Å². The van der Waals surface area contributed by atoms with Crippen molar-refractivity contribution in [2.24, 2.45) is 0 Å². The Labute approximate surface area is 229 Å². The van der Waals surface area contributed by atoms with Crippen molar-refractivity contribution in [2.45, 2.75) is 38.5 Å². The first kappa shape index (κ1) is 26.7. The molecule has 1 aliphatic heterocycles. The molecule has 2 heterocycles. The third-order valence-corrected chi connectivity index (χ3v) is 9.20. The molecule has 1 saturated carbocycles. The molecule has 0 unspecified atom stereocenters. The summed E-state index contributed by atoms with van der Waals surface area (Å²) in [6.07, 6.45) is 3.06. The van der Waals surface area contributed by atoms with E-state index in [9.17, 15) is 8.42 Å². The van der Waals surface area contributed by atoms with Crippen LogP contribution in [0.5, 0.6) is 0 Å². The minimum Gasteiger partial charge on any atom is -0.369 e. The van der Waals surface area contributed by atoms with Gasteiger partial charge in [0.2, 0.25) is 16.0 Å². The number of rotatable bonds is 9. The zero-order valence-corrected chi connectivity index (χ0v) is 23.5.